The van der Waals surface area contributed by atoms with Gasteiger partial charge in [0, 0.05) is 22.6 Å². The molecule has 0 spiro atoms. The molecule has 0 aliphatic heterocycles. The van der Waals surface area contributed by atoms with E-state index in [1.54, 1.807) is 0 Å². The molecule has 2 nitrogen and oxygen atoms in total. The van der Waals surface area contributed by atoms with Crippen LogP contribution in [-0.4, -0.2) is 9.97 Å². The van der Waals surface area contributed by atoms with Crippen LogP contribution in [0.25, 0.3) is 55.7 Å². The van der Waals surface area contributed by atoms with E-state index < -0.39 is 0 Å². The molecule has 1 aromatic heterocycles. The van der Waals surface area contributed by atoms with Gasteiger partial charge in [0.05, 0.1) is 5.69 Å². The number of benzene rings is 5. The number of rotatable bonds is 3. The molecule has 0 N–H and O–H groups in total. The Kier molecular flexibility index (Phi) is 5.21. The first-order valence-corrected chi connectivity index (χ1v) is 13.3. The molecule has 182 valence electrons. The van der Waals surface area contributed by atoms with Gasteiger partial charge in [-0.15, -0.1) is 0 Å². The second-order valence-corrected chi connectivity index (χ2v) is 10.8. The normalized spacial score (nSPS) is 13.3. The zero-order valence-electron chi connectivity index (χ0n) is 21.2. The largest absolute Gasteiger partial charge is 0.228 e. The summed E-state index contributed by atoms with van der Waals surface area (Å²) in [6, 6.07) is 40.4. The van der Waals surface area contributed by atoms with E-state index in [0.29, 0.717) is 11.0 Å². The van der Waals surface area contributed by atoms with Gasteiger partial charge in [-0.05, 0) is 50.2 Å². The molecular weight excluding hydrogens is 484 g/mol. The van der Waals surface area contributed by atoms with Crippen molar-refractivity contribution in [3.05, 3.63) is 132 Å². The Morgan fingerprint density at radius 2 is 1.16 bits per heavy atom. The topological polar surface area (TPSA) is 25.8 Å². The second kappa shape index (κ2) is 8.65. The third kappa shape index (κ3) is 3.56. The summed E-state index contributed by atoms with van der Waals surface area (Å²) in [4.78, 5) is 9.41. The minimum absolute atomic E-state index is 0.0385. The minimum atomic E-state index is -0.0385. The summed E-state index contributed by atoms with van der Waals surface area (Å²) in [5.74, 6) is 0.627. The van der Waals surface area contributed by atoms with Crippen LogP contribution >= 0.6 is 11.6 Å². The summed E-state index contributed by atoms with van der Waals surface area (Å²) < 4.78 is 0. The Morgan fingerprint density at radius 3 is 1.97 bits per heavy atom. The summed E-state index contributed by atoms with van der Waals surface area (Å²) in [7, 11) is 0. The Balaban J connectivity index is 1.39. The van der Waals surface area contributed by atoms with E-state index in [2.05, 4.69) is 97.7 Å². The van der Waals surface area contributed by atoms with Gasteiger partial charge in [-0.3, -0.25) is 0 Å². The summed E-state index contributed by atoms with van der Waals surface area (Å²) in [5.41, 5.74) is 10.6. The maximum absolute atomic E-state index is 6.50. The van der Waals surface area contributed by atoms with Gasteiger partial charge in [0.2, 0.25) is 0 Å². The van der Waals surface area contributed by atoms with Gasteiger partial charge in [-0.2, -0.15) is 0 Å². The maximum Gasteiger partial charge on any atom is 0.161 e. The van der Waals surface area contributed by atoms with E-state index in [1.807, 2.05) is 36.4 Å². The van der Waals surface area contributed by atoms with E-state index in [1.165, 1.54) is 38.8 Å². The Hall–Kier alpha value is -4.27. The Labute approximate surface area is 227 Å². The number of hydrogen-bond donors (Lipinski definition) is 0. The van der Waals surface area contributed by atoms with Crippen molar-refractivity contribution in [2.24, 2.45) is 0 Å². The van der Waals surface area contributed by atoms with Crippen LogP contribution < -0.4 is 0 Å². The number of halogens is 1. The predicted molar refractivity (Wildman–Crippen MR) is 158 cm³/mol. The number of aromatic nitrogens is 2. The second-order valence-electron chi connectivity index (χ2n) is 10.4. The highest BCUT2D eigenvalue weighted by molar-refractivity contribution is 6.29. The van der Waals surface area contributed by atoms with Crippen molar-refractivity contribution in [1.82, 2.24) is 9.97 Å². The molecule has 0 saturated carbocycles. The molecule has 7 rings (SSSR count). The van der Waals surface area contributed by atoms with Gasteiger partial charge < -0.3 is 0 Å². The van der Waals surface area contributed by atoms with Crippen LogP contribution in [0.2, 0.25) is 5.15 Å². The van der Waals surface area contributed by atoms with Crippen LogP contribution in [0.1, 0.15) is 25.0 Å². The SMILES string of the molecule is CC1(C)c2ccccc2-c2ccc(-c3ccc(-c4cc(Cl)nc(-c5ccccc5)n4)c4ccccc34)cc21. The molecule has 0 bridgehead atoms. The first-order valence-electron chi connectivity index (χ1n) is 12.9. The molecule has 1 heterocycles. The molecule has 0 atom stereocenters. The maximum atomic E-state index is 6.50. The van der Waals surface area contributed by atoms with Crippen LogP contribution in [-0.2, 0) is 5.41 Å². The molecule has 3 heteroatoms. The fourth-order valence-corrected chi connectivity index (χ4v) is 6.10. The summed E-state index contributed by atoms with van der Waals surface area (Å²) in [6.45, 7) is 4.65. The monoisotopic (exact) mass is 508 g/mol. The fraction of sp³-hybridized carbons (Fsp3) is 0.0857. The zero-order valence-corrected chi connectivity index (χ0v) is 22.0. The lowest BCUT2D eigenvalue weighted by molar-refractivity contribution is 0.660. The average molecular weight is 509 g/mol. The molecular formula is C35H25ClN2. The summed E-state index contributed by atoms with van der Waals surface area (Å²) >= 11 is 6.50. The lowest BCUT2D eigenvalue weighted by Crippen LogP contribution is -2.14. The molecule has 1 aliphatic rings. The highest BCUT2D eigenvalue weighted by atomic mass is 35.5. The molecule has 38 heavy (non-hydrogen) atoms. The van der Waals surface area contributed by atoms with Crippen molar-refractivity contribution in [1.29, 1.82) is 0 Å². The molecule has 1 aliphatic carbocycles. The van der Waals surface area contributed by atoms with Crippen molar-refractivity contribution < 1.29 is 0 Å². The number of nitrogens with zero attached hydrogens (tertiary/aromatic N) is 2. The highest BCUT2D eigenvalue weighted by Gasteiger charge is 2.35. The fourth-order valence-electron chi connectivity index (χ4n) is 5.92. The van der Waals surface area contributed by atoms with Crippen molar-refractivity contribution in [2.75, 3.05) is 0 Å². The van der Waals surface area contributed by atoms with Gasteiger partial charge in [0.1, 0.15) is 5.15 Å². The minimum Gasteiger partial charge on any atom is -0.228 e. The van der Waals surface area contributed by atoms with E-state index in [0.717, 1.165) is 22.2 Å². The number of hydrogen-bond acceptors (Lipinski definition) is 2. The van der Waals surface area contributed by atoms with Gasteiger partial charge in [0.15, 0.2) is 5.82 Å². The van der Waals surface area contributed by atoms with Gasteiger partial charge in [0.25, 0.3) is 0 Å². The standard InChI is InChI=1S/C35H25ClN2/c1-35(2)30-15-9-8-14-27(30)28-17-16-23(20-31(28)35)24-18-19-29(26-13-7-6-12-25(24)26)32-21-33(36)38-34(37-32)22-10-4-3-5-11-22/h3-21H,1-2H3. The lowest BCUT2D eigenvalue weighted by atomic mass is 9.81. The van der Waals surface area contributed by atoms with E-state index in [4.69, 9.17) is 16.6 Å². The van der Waals surface area contributed by atoms with Crippen molar-refractivity contribution >= 4 is 22.4 Å². The Morgan fingerprint density at radius 1 is 0.526 bits per heavy atom. The van der Waals surface area contributed by atoms with E-state index in [-0.39, 0.29) is 5.41 Å². The van der Waals surface area contributed by atoms with Gasteiger partial charge in [-0.25, -0.2) is 9.97 Å². The number of fused-ring (bicyclic) bond motifs is 4. The predicted octanol–water partition coefficient (Wildman–Crippen LogP) is 9.59. The zero-order chi connectivity index (χ0) is 25.9. The van der Waals surface area contributed by atoms with Crippen molar-refractivity contribution in [2.45, 2.75) is 19.3 Å². The lowest BCUT2D eigenvalue weighted by Gasteiger charge is -2.22. The van der Waals surface area contributed by atoms with E-state index >= 15 is 0 Å². The first kappa shape index (κ1) is 22.9. The van der Waals surface area contributed by atoms with Crippen LogP contribution in [0.3, 0.4) is 0 Å². The van der Waals surface area contributed by atoms with Crippen LogP contribution in [0.4, 0.5) is 0 Å². The first-order chi connectivity index (χ1) is 18.5. The van der Waals surface area contributed by atoms with Crippen LogP contribution in [0, 0.1) is 0 Å². The average Bonchev–Trinajstić information content (AvgIpc) is 3.19. The molecule has 0 radical (unpaired) electrons. The smallest absolute Gasteiger partial charge is 0.161 e. The quantitative estimate of drug-likeness (QED) is 0.222. The third-order valence-corrected chi connectivity index (χ3v) is 8.02. The highest BCUT2D eigenvalue weighted by Crippen LogP contribution is 2.50. The Bertz CT molecular complexity index is 1850. The molecule has 5 aromatic carbocycles. The van der Waals surface area contributed by atoms with Crippen LogP contribution in [0.15, 0.2) is 115 Å². The molecule has 0 saturated heterocycles. The van der Waals surface area contributed by atoms with Gasteiger partial charge >= 0.3 is 0 Å². The molecule has 0 unspecified atom stereocenters. The molecule has 0 fully saturated rings. The summed E-state index contributed by atoms with van der Waals surface area (Å²) in [6.07, 6.45) is 0. The van der Waals surface area contributed by atoms with Crippen molar-refractivity contribution in [3.63, 3.8) is 0 Å². The third-order valence-electron chi connectivity index (χ3n) is 7.82. The van der Waals surface area contributed by atoms with Gasteiger partial charge in [-0.1, -0.05) is 129 Å². The molecule has 6 aromatic rings. The summed E-state index contributed by atoms with van der Waals surface area (Å²) in [5, 5.41) is 2.76. The van der Waals surface area contributed by atoms with E-state index in [9.17, 15) is 0 Å². The molecule has 0 amide bonds. The van der Waals surface area contributed by atoms with Crippen molar-refractivity contribution in [3.8, 4) is 44.9 Å². The van der Waals surface area contributed by atoms with Crippen LogP contribution in [0.5, 0.6) is 0 Å².